The summed E-state index contributed by atoms with van der Waals surface area (Å²) in [6.07, 6.45) is 5.41. The van der Waals surface area contributed by atoms with E-state index in [0.717, 1.165) is 6.42 Å². The Bertz CT molecular complexity index is 823. The van der Waals surface area contributed by atoms with Gasteiger partial charge in [-0.1, -0.05) is 104 Å². The Balaban J connectivity index is 2.00. The van der Waals surface area contributed by atoms with Crippen LogP contribution >= 0.6 is 0 Å². The molecule has 0 aliphatic carbocycles. The first kappa shape index (κ1) is 17.2. The first-order valence-corrected chi connectivity index (χ1v) is 8.98. The minimum Gasteiger partial charge on any atom is -0.0916 e. The van der Waals surface area contributed by atoms with Crippen molar-refractivity contribution in [1.82, 2.24) is 0 Å². The van der Waals surface area contributed by atoms with Crippen LogP contribution in [-0.4, -0.2) is 0 Å². The van der Waals surface area contributed by atoms with E-state index in [2.05, 4.69) is 112 Å². The largest absolute Gasteiger partial charge is 0.0916 e. The standard InChI is InChI=1S/C25H26/c1-4-5-19-25(3,23-15-11-20(2)12-16-23)24-17-13-22(14-18-24)21-9-7-6-8-10-21/h4-18H,19H2,1-3H3/b5-4-. The van der Waals surface area contributed by atoms with E-state index in [9.17, 15) is 0 Å². The second-order valence-electron chi connectivity index (χ2n) is 6.91. The molecule has 0 aromatic heterocycles. The zero-order valence-corrected chi connectivity index (χ0v) is 15.4. The van der Waals surface area contributed by atoms with Crippen molar-refractivity contribution >= 4 is 0 Å². The van der Waals surface area contributed by atoms with Crippen LogP contribution in [0.2, 0.25) is 0 Å². The SMILES string of the molecule is C/C=C\CC(C)(c1ccc(C)cc1)c1ccc(-c2ccccc2)cc1. The predicted octanol–water partition coefficient (Wildman–Crippen LogP) is 6.93. The van der Waals surface area contributed by atoms with Gasteiger partial charge in [-0.25, -0.2) is 0 Å². The van der Waals surface area contributed by atoms with Crippen molar-refractivity contribution < 1.29 is 0 Å². The van der Waals surface area contributed by atoms with Gasteiger partial charge in [0.2, 0.25) is 0 Å². The van der Waals surface area contributed by atoms with Crippen molar-refractivity contribution in [3.8, 4) is 11.1 Å². The monoisotopic (exact) mass is 326 g/mol. The number of aryl methyl sites for hydroxylation is 1. The molecular weight excluding hydrogens is 300 g/mol. The normalized spacial score (nSPS) is 13.7. The lowest BCUT2D eigenvalue weighted by molar-refractivity contribution is 0.580. The third-order valence-corrected chi connectivity index (χ3v) is 5.08. The quantitative estimate of drug-likeness (QED) is 0.446. The van der Waals surface area contributed by atoms with E-state index >= 15 is 0 Å². The molecule has 1 atom stereocenters. The molecule has 0 amide bonds. The van der Waals surface area contributed by atoms with Crippen molar-refractivity contribution in [1.29, 1.82) is 0 Å². The molecule has 0 bridgehead atoms. The third-order valence-electron chi connectivity index (χ3n) is 5.08. The topological polar surface area (TPSA) is 0 Å². The molecule has 0 saturated heterocycles. The highest BCUT2D eigenvalue weighted by Gasteiger charge is 2.27. The predicted molar refractivity (Wildman–Crippen MR) is 109 cm³/mol. The van der Waals surface area contributed by atoms with Gasteiger partial charge in [0.1, 0.15) is 0 Å². The molecule has 0 heterocycles. The molecule has 25 heavy (non-hydrogen) atoms. The Labute approximate surface area is 151 Å². The van der Waals surface area contributed by atoms with Crippen LogP contribution < -0.4 is 0 Å². The van der Waals surface area contributed by atoms with Crippen LogP contribution in [-0.2, 0) is 5.41 Å². The van der Waals surface area contributed by atoms with Crippen LogP contribution in [0.1, 0.15) is 37.0 Å². The van der Waals surface area contributed by atoms with Gasteiger partial charge in [0.15, 0.2) is 0 Å². The minimum absolute atomic E-state index is 0.0184. The van der Waals surface area contributed by atoms with Gasteiger partial charge in [-0.15, -0.1) is 0 Å². The molecule has 0 aliphatic heterocycles. The van der Waals surface area contributed by atoms with Crippen molar-refractivity contribution in [3.05, 3.63) is 108 Å². The Morgan fingerprint density at radius 2 is 1.24 bits per heavy atom. The van der Waals surface area contributed by atoms with Crippen molar-refractivity contribution in [3.63, 3.8) is 0 Å². The van der Waals surface area contributed by atoms with Crippen LogP contribution in [0.15, 0.2) is 91.0 Å². The lowest BCUT2D eigenvalue weighted by atomic mass is 9.73. The first-order chi connectivity index (χ1) is 12.1. The summed E-state index contributed by atoms with van der Waals surface area (Å²) in [5.41, 5.74) is 6.53. The number of rotatable bonds is 5. The van der Waals surface area contributed by atoms with E-state index in [0.29, 0.717) is 0 Å². The molecule has 1 unspecified atom stereocenters. The van der Waals surface area contributed by atoms with Gasteiger partial charge in [0.05, 0.1) is 0 Å². The maximum absolute atomic E-state index is 2.34. The maximum atomic E-state index is 2.34. The maximum Gasteiger partial charge on any atom is 0.0209 e. The second-order valence-corrected chi connectivity index (χ2v) is 6.91. The van der Waals surface area contributed by atoms with E-state index in [1.807, 2.05) is 0 Å². The van der Waals surface area contributed by atoms with Gasteiger partial charge < -0.3 is 0 Å². The highest BCUT2D eigenvalue weighted by molar-refractivity contribution is 5.64. The summed E-state index contributed by atoms with van der Waals surface area (Å²) in [4.78, 5) is 0. The molecule has 0 radical (unpaired) electrons. The van der Waals surface area contributed by atoms with Gasteiger partial charge in [-0.3, -0.25) is 0 Å². The molecule has 0 fully saturated rings. The zero-order valence-electron chi connectivity index (χ0n) is 15.4. The number of hydrogen-bond donors (Lipinski definition) is 0. The fraction of sp³-hybridized carbons (Fsp3) is 0.200. The third kappa shape index (κ3) is 3.74. The fourth-order valence-corrected chi connectivity index (χ4v) is 3.34. The smallest absolute Gasteiger partial charge is 0.0209 e. The van der Waals surface area contributed by atoms with Gasteiger partial charge in [0.25, 0.3) is 0 Å². The minimum atomic E-state index is -0.0184. The van der Waals surface area contributed by atoms with Crippen LogP contribution in [0.4, 0.5) is 0 Å². The molecular formula is C25H26. The molecule has 0 N–H and O–H groups in total. The lowest BCUT2D eigenvalue weighted by Crippen LogP contribution is -2.22. The average molecular weight is 326 g/mol. The summed E-state index contributed by atoms with van der Waals surface area (Å²) < 4.78 is 0. The van der Waals surface area contributed by atoms with E-state index < -0.39 is 0 Å². The molecule has 0 heteroatoms. The van der Waals surface area contributed by atoms with E-state index in [1.54, 1.807) is 0 Å². The van der Waals surface area contributed by atoms with Crippen LogP contribution in [0, 0.1) is 6.92 Å². The van der Waals surface area contributed by atoms with Crippen molar-refractivity contribution in [2.75, 3.05) is 0 Å². The summed E-state index contributed by atoms with van der Waals surface area (Å²) in [7, 11) is 0. The average Bonchev–Trinajstić information content (AvgIpc) is 2.67. The summed E-state index contributed by atoms with van der Waals surface area (Å²) in [6.45, 7) is 6.57. The molecule has 3 aromatic rings. The Morgan fingerprint density at radius 3 is 1.80 bits per heavy atom. The van der Waals surface area contributed by atoms with Crippen LogP contribution in [0.5, 0.6) is 0 Å². The van der Waals surface area contributed by atoms with Gasteiger partial charge in [-0.05, 0) is 42.5 Å². The number of allylic oxidation sites excluding steroid dienone is 2. The summed E-state index contributed by atoms with van der Waals surface area (Å²) in [5, 5.41) is 0. The highest BCUT2D eigenvalue weighted by atomic mass is 14.3. The molecule has 0 spiro atoms. The molecule has 3 aromatic carbocycles. The van der Waals surface area contributed by atoms with Crippen molar-refractivity contribution in [2.24, 2.45) is 0 Å². The van der Waals surface area contributed by atoms with Crippen molar-refractivity contribution in [2.45, 2.75) is 32.6 Å². The molecule has 3 rings (SSSR count). The second kappa shape index (κ2) is 7.53. The van der Waals surface area contributed by atoms with Gasteiger partial charge in [0, 0.05) is 5.41 Å². The van der Waals surface area contributed by atoms with E-state index in [1.165, 1.54) is 27.8 Å². The molecule has 126 valence electrons. The van der Waals surface area contributed by atoms with E-state index in [-0.39, 0.29) is 5.41 Å². The zero-order chi connectivity index (χ0) is 17.7. The van der Waals surface area contributed by atoms with Gasteiger partial charge in [-0.2, -0.15) is 0 Å². The molecule has 0 nitrogen and oxygen atoms in total. The van der Waals surface area contributed by atoms with Gasteiger partial charge >= 0.3 is 0 Å². The fourth-order valence-electron chi connectivity index (χ4n) is 3.34. The Hall–Kier alpha value is -2.60. The lowest BCUT2D eigenvalue weighted by Gasteiger charge is -2.30. The molecule has 0 saturated carbocycles. The molecule has 0 aliphatic rings. The highest BCUT2D eigenvalue weighted by Crippen LogP contribution is 2.37. The first-order valence-electron chi connectivity index (χ1n) is 8.98. The summed E-state index contributed by atoms with van der Waals surface area (Å²) >= 11 is 0. The van der Waals surface area contributed by atoms with Crippen LogP contribution in [0.25, 0.3) is 11.1 Å². The van der Waals surface area contributed by atoms with Crippen LogP contribution in [0.3, 0.4) is 0 Å². The summed E-state index contributed by atoms with van der Waals surface area (Å²) in [6, 6.07) is 28.6. The Morgan fingerprint density at radius 1 is 0.720 bits per heavy atom. The Kier molecular flexibility index (Phi) is 5.19. The number of hydrogen-bond acceptors (Lipinski definition) is 0. The summed E-state index contributed by atoms with van der Waals surface area (Å²) in [5.74, 6) is 0. The number of benzene rings is 3. The van der Waals surface area contributed by atoms with E-state index in [4.69, 9.17) is 0 Å².